The monoisotopic (exact) mass is 348 g/mol. The summed E-state index contributed by atoms with van der Waals surface area (Å²) in [6.07, 6.45) is 5.49. The van der Waals surface area contributed by atoms with Gasteiger partial charge in [-0.3, -0.25) is 9.48 Å². The van der Waals surface area contributed by atoms with Gasteiger partial charge in [-0.15, -0.1) is 0 Å². The van der Waals surface area contributed by atoms with E-state index in [9.17, 15) is 13.2 Å². The van der Waals surface area contributed by atoms with Crippen molar-refractivity contribution in [2.45, 2.75) is 23.8 Å². The number of likely N-dealkylation sites (tertiary alicyclic amines) is 1. The van der Waals surface area contributed by atoms with E-state index in [2.05, 4.69) is 9.82 Å². The highest BCUT2D eigenvalue weighted by atomic mass is 32.2. The highest BCUT2D eigenvalue weighted by molar-refractivity contribution is 7.89. The number of nitrogens with zero attached hydrogens (tertiary/aromatic N) is 3. The van der Waals surface area contributed by atoms with Gasteiger partial charge in [-0.2, -0.15) is 5.10 Å². The number of aryl methyl sites for hydroxylation is 1. The van der Waals surface area contributed by atoms with Gasteiger partial charge in [0.25, 0.3) is 5.91 Å². The summed E-state index contributed by atoms with van der Waals surface area (Å²) < 4.78 is 27.9. The molecule has 1 fully saturated rings. The normalized spacial score (nSPS) is 18.1. The van der Waals surface area contributed by atoms with Gasteiger partial charge in [-0.05, 0) is 38.1 Å². The first-order valence-corrected chi connectivity index (χ1v) is 9.24. The van der Waals surface area contributed by atoms with Crippen LogP contribution in [0.3, 0.4) is 0 Å². The van der Waals surface area contributed by atoms with E-state index in [-0.39, 0.29) is 16.8 Å². The van der Waals surface area contributed by atoms with E-state index in [1.165, 1.54) is 19.2 Å². The number of carbonyl (C=O) groups excluding carboxylic acids is 1. The number of nitrogens with one attached hydrogen (secondary N) is 1. The summed E-state index contributed by atoms with van der Waals surface area (Å²) in [7, 11) is -0.380. The second-order valence-electron chi connectivity index (χ2n) is 5.84. The molecule has 2 heterocycles. The van der Waals surface area contributed by atoms with Gasteiger partial charge in [0.15, 0.2) is 0 Å². The average molecular weight is 348 g/mol. The maximum Gasteiger partial charge on any atom is 0.254 e. The van der Waals surface area contributed by atoms with E-state index >= 15 is 0 Å². The maximum absolute atomic E-state index is 12.9. The molecule has 0 radical (unpaired) electrons. The van der Waals surface area contributed by atoms with Crippen molar-refractivity contribution in [3.63, 3.8) is 0 Å². The molecule has 0 bridgehead atoms. The molecule has 3 rings (SSSR count). The fraction of sp³-hybridized carbons (Fsp3) is 0.375. The standard InChI is InChI=1S/C16H20N4O3S/c1-17-24(22,23)14-6-3-5-12(9-14)16(21)20-8-4-7-15(20)13-10-18-19(2)11-13/h3,5-6,9-11,15,17H,4,7-8H2,1-2H3/t15-/m0/s1. The first-order valence-electron chi connectivity index (χ1n) is 7.75. The molecular weight excluding hydrogens is 328 g/mol. The van der Waals surface area contributed by atoms with E-state index in [1.807, 2.05) is 13.2 Å². The van der Waals surface area contributed by atoms with Gasteiger partial charge < -0.3 is 4.90 Å². The zero-order valence-corrected chi connectivity index (χ0v) is 14.5. The molecule has 1 aromatic heterocycles. The minimum absolute atomic E-state index is 0.0178. The fourth-order valence-corrected chi connectivity index (χ4v) is 3.82. The first kappa shape index (κ1) is 16.7. The number of aromatic nitrogens is 2. The van der Waals surface area contributed by atoms with Crippen molar-refractivity contribution in [2.75, 3.05) is 13.6 Å². The molecule has 1 aliphatic heterocycles. The molecule has 7 nitrogen and oxygen atoms in total. The Balaban J connectivity index is 1.90. The molecule has 0 aliphatic carbocycles. The zero-order chi connectivity index (χ0) is 17.3. The summed E-state index contributed by atoms with van der Waals surface area (Å²) in [5.74, 6) is -0.158. The molecule has 128 valence electrons. The van der Waals surface area contributed by atoms with E-state index in [4.69, 9.17) is 0 Å². The summed E-state index contributed by atoms with van der Waals surface area (Å²) in [6.45, 7) is 0.654. The summed E-state index contributed by atoms with van der Waals surface area (Å²) in [4.78, 5) is 14.8. The number of rotatable bonds is 4. The van der Waals surface area contributed by atoms with Crippen molar-refractivity contribution in [3.8, 4) is 0 Å². The molecule has 0 unspecified atom stereocenters. The molecule has 2 aromatic rings. The fourth-order valence-electron chi connectivity index (χ4n) is 3.05. The Hall–Kier alpha value is -2.19. The molecule has 1 aromatic carbocycles. The lowest BCUT2D eigenvalue weighted by atomic mass is 10.1. The van der Waals surface area contributed by atoms with Crippen molar-refractivity contribution in [1.29, 1.82) is 0 Å². The Labute approximate surface area is 141 Å². The van der Waals surface area contributed by atoms with Gasteiger partial charge >= 0.3 is 0 Å². The highest BCUT2D eigenvalue weighted by Gasteiger charge is 2.31. The molecule has 1 saturated heterocycles. The van der Waals surface area contributed by atoms with E-state index in [0.717, 1.165) is 18.4 Å². The quantitative estimate of drug-likeness (QED) is 0.903. The smallest absolute Gasteiger partial charge is 0.254 e. The number of benzene rings is 1. The first-order chi connectivity index (χ1) is 11.4. The predicted molar refractivity (Wildman–Crippen MR) is 88.9 cm³/mol. The van der Waals surface area contributed by atoms with Crippen LogP contribution in [0.5, 0.6) is 0 Å². The van der Waals surface area contributed by atoms with Crippen LogP contribution >= 0.6 is 0 Å². The maximum atomic E-state index is 12.9. The Morgan fingerprint density at radius 1 is 1.38 bits per heavy atom. The van der Waals surface area contributed by atoms with Crippen molar-refractivity contribution in [1.82, 2.24) is 19.4 Å². The summed E-state index contributed by atoms with van der Waals surface area (Å²) in [6, 6.07) is 6.12. The summed E-state index contributed by atoms with van der Waals surface area (Å²) in [5, 5.41) is 4.18. The third-order valence-corrected chi connectivity index (χ3v) is 5.70. The predicted octanol–water partition coefficient (Wildman–Crippen LogP) is 1.31. The van der Waals surface area contributed by atoms with Crippen LogP contribution in [-0.2, 0) is 17.1 Å². The molecule has 1 N–H and O–H groups in total. The number of carbonyl (C=O) groups is 1. The second-order valence-corrected chi connectivity index (χ2v) is 7.73. The van der Waals surface area contributed by atoms with Gasteiger partial charge in [0.05, 0.1) is 17.1 Å². The van der Waals surface area contributed by atoms with Crippen LogP contribution in [0.4, 0.5) is 0 Å². The van der Waals surface area contributed by atoms with Crippen molar-refractivity contribution in [3.05, 3.63) is 47.8 Å². The molecule has 1 amide bonds. The van der Waals surface area contributed by atoms with Crippen LogP contribution < -0.4 is 4.72 Å². The highest BCUT2D eigenvalue weighted by Crippen LogP contribution is 2.33. The average Bonchev–Trinajstić information content (AvgIpc) is 3.22. The van der Waals surface area contributed by atoms with Crippen LogP contribution in [0.15, 0.2) is 41.6 Å². The van der Waals surface area contributed by atoms with E-state index < -0.39 is 10.0 Å². The van der Waals surface area contributed by atoms with Crippen LogP contribution in [0.2, 0.25) is 0 Å². The van der Waals surface area contributed by atoms with Crippen molar-refractivity contribution < 1.29 is 13.2 Å². The van der Waals surface area contributed by atoms with Gasteiger partial charge in [0.2, 0.25) is 10.0 Å². The molecule has 0 spiro atoms. The van der Waals surface area contributed by atoms with Gasteiger partial charge in [0, 0.05) is 30.9 Å². The van der Waals surface area contributed by atoms with E-state index in [0.29, 0.717) is 12.1 Å². The number of amides is 1. The Morgan fingerprint density at radius 2 is 2.17 bits per heavy atom. The van der Waals surface area contributed by atoms with Crippen LogP contribution in [0.25, 0.3) is 0 Å². The lowest BCUT2D eigenvalue weighted by molar-refractivity contribution is 0.0735. The molecule has 1 atom stereocenters. The molecule has 0 saturated carbocycles. The SMILES string of the molecule is CNS(=O)(=O)c1cccc(C(=O)N2CCC[C@H]2c2cnn(C)c2)c1. The Bertz CT molecular complexity index is 860. The molecule has 1 aliphatic rings. The van der Waals surface area contributed by atoms with Crippen LogP contribution in [0.1, 0.15) is 34.8 Å². The molecular formula is C16H20N4O3S. The number of hydrogen-bond acceptors (Lipinski definition) is 4. The zero-order valence-electron chi connectivity index (χ0n) is 13.6. The van der Waals surface area contributed by atoms with Crippen molar-refractivity contribution >= 4 is 15.9 Å². The third-order valence-electron chi connectivity index (χ3n) is 4.28. The van der Waals surface area contributed by atoms with Gasteiger partial charge in [0.1, 0.15) is 0 Å². The summed E-state index contributed by atoms with van der Waals surface area (Å²) in [5.41, 5.74) is 1.38. The largest absolute Gasteiger partial charge is 0.331 e. The number of hydrogen-bond donors (Lipinski definition) is 1. The van der Waals surface area contributed by atoms with Crippen LogP contribution in [0, 0.1) is 0 Å². The molecule has 24 heavy (non-hydrogen) atoms. The van der Waals surface area contributed by atoms with E-state index in [1.54, 1.807) is 27.9 Å². The van der Waals surface area contributed by atoms with Gasteiger partial charge in [-0.1, -0.05) is 6.07 Å². The Kier molecular flexibility index (Phi) is 4.42. The third kappa shape index (κ3) is 3.07. The topological polar surface area (TPSA) is 84.3 Å². The van der Waals surface area contributed by atoms with Crippen LogP contribution in [-0.4, -0.2) is 42.6 Å². The lowest BCUT2D eigenvalue weighted by Gasteiger charge is -2.24. The summed E-state index contributed by atoms with van der Waals surface area (Å²) >= 11 is 0. The number of sulfonamides is 1. The Morgan fingerprint density at radius 3 is 2.83 bits per heavy atom. The minimum atomic E-state index is -3.57. The molecule has 8 heteroatoms. The van der Waals surface area contributed by atoms with Gasteiger partial charge in [-0.25, -0.2) is 13.1 Å². The second kappa shape index (κ2) is 6.37. The minimum Gasteiger partial charge on any atom is -0.331 e. The van der Waals surface area contributed by atoms with Crippen molar-refractivity contribution in [2.24, 2.45) is 7.05 Å². The lowest BCUT2D eigenvalue weighted by Crippen LogP contribution is -2.30.